The number of carbonyl (C=O) groups is 1. The van der Waals surface area contributed by atoms with Crippen LogP contribution in [0.2, 0.25) is 0 Å². The number of furan rings is 1. The van der Waals surface area contributed by atoms with Crippen molar-refractivity contribution in [2.75, 3.05) is 0 Å². The van der Waals surface area contributed by atoms with Gasteiger partial charge >= 0.3 is 0 Å². The number of imidazole rings is 1. The quantitative estimate of drug-likeness (QED) is 0.181. The van der Waals surface area contributed by atoms with Crippen molar-refractivity contribution in [2.45, 2.75) is 6.61 Å². The van der Waals surface area contributed by atoms with Crippen LogP contribution >= 0.6 is 15.9 Å². The zero-order valence-corrected chi connectivity index (χ0v) is 19.1. The number of rotatable bonds is 7. The van der Waals surface area contributed by atoms with Crippen molar-refractivity contribution in [3.05, 3.63) is 119 Å². The van der Waals surface area contributed by atoms with Gasteiger partial charge in [-0.15, -0.1) is 0 Å². The number of ketones is 1. The molecule has 0 unspecified atom stereocenters. The minimum Gasteiger partial charge on any atom is -0.486 e. The maximum absolute atomic E-state index is 12.5. The van der Waals surface area contributed by atoms with E-state index in [-0.39, 0.29) is 5.78 Å². The number of nitrogens with zero attached hydrogens (tertiary/aromatic N) is 2. The lowest BCUT2D eigenvalue weighted by Gasteiger charge is -2.06. The third kappa shape index (κ3) is 4.96. The molecule has 0 saturated heterocycles. The summed E-state index contributed by atoms with van der Waals surface area (Å²) < 4.78 is 14.6. The van der Waals surface area contributed by atoms with Crippen molar-refractivity contribution >= 4 is 38.6 Å². The maximum atomic E-state index is 12.5. The van der Waals surface area contributed by atoms with E-state index < -0.39 is 0 Å². The van der Waals surface area contributed by atoms with Gasteiger partial charge < -0.3 is 13.7 Å². The fourth-order valence-electron chi connectivity index (χ4n) is 3.46. The van der Waals surface area contributed by atoms with Crippen LogP contribution in [0, 0.1) is 0 Å². The number of fused-ring (bicyclic) bond motifs is 1. The van der Waals surface area contributed by atoms with E-state index in [2.05, 4.69) is 27.0 Å². The van der Waals surface area contributed by atoms with Gasteiger partial charge in [0.05, 0.1) is 6.33 Å². The van der Waals surface area contributed by atoms with Crippen molar-refractivity contribution in [3.63, 3.8) is 0 Å². The Bertz CT molecular complexity index is 1430. The summed E-state index contributed by atoms with van der Waals surface area (Å²) in [5.74, 6) is 1.96. The highest BCUT2D eigenvalue weighted by Gasteiger charge is 2.06. The Balaban J connectivity index is 1.20. The molecular formula is C27H19BrN2O3. The normalized spacial score (nSPS) is 11.3. The zero-order valence-electron chi connectivity index (χ0n) is 17.5. The number of aromatic nitrogens is 2. The Hall–Kier alpha value is -3.90. The van der Waals surface area contributed by atoms with Crippen molar-refractivity contribution in [1.29, 1.82) is 0 Å². The molecule has 0 aliphatic carbocycles. The molecule has 0 amide bonds. The molecule has 2 heterocycles. The molecule has 5 rings (SSSR count). The second-order valence-corrected chi connectivity index (χ2v) is 8.38. The number of ether oxygens (including phenoxy) is 1. The van der Waals surface area contributed by atoms with Crippen LogP contribution in [0.3, 0.4) is 0 Å². The highest BCUT2D eigenvalue weighted by atomic mass is 79.9. The molecule has 0 aliphatic heterocycles. The first kappa shape index (κ1) is 21.0. The summed E-state index contributed by atoms with van der Waals surface area (Å²) >= 11 is 3.49. The Morgan fingerprint density at radius 3 is 2.64 bits per heavy atom. The Morgan fingerprint density at radius 2 is 1.82 bits per heavy atom. The summed E-state index contributed by atoms with van der Waals surface area (Å²) in [5.41, 5.74) is 1.55. The first-order chi connectivity index (χ1) is 16.1. The van der Waals surface area contributed by atoms with Gasteiger partial charge in [0, 0.05) is 28.1 Å². The maximum Gasteiger partial charge on any atom is 0.185 e. The molecule has 0 spiro atoms. The van der Waals surface area contributed by atoms with Crippen molar-refractivity contribution in [1.82, 2.24) is 9.55 Å². The summed E-state index contributed by atoms with van der Waals surface area (Å²) in [6, 6.07) is 23.1. The van der Waals surface area contributed by atoms with Crippen LogP contribution in [0.25, 0.3) is 22.5 Å². The van der Waals surface area contributed by atoms with E-state index >= 15 is 0 Å². The minimum atomic E-state index is -0.0934. The number of halogens is 1. The first-order valence-corrected chi connectivity index (χ1v) is 11.1. The van der Waals surface area contributed by atoms with Gasteiger partial charge in [0.2, 0.25) is 0 Å². The van der Waals surface area contributed by atoms with Gasteiger partial charge in [-0.2, -0.15) is 0 Å². The molecule has 33 heavy (non-hydrogen) atoms. The summed E-state index contributed by atoms with van der Waals surface area (Å²) in [5, 5.41) is 2.25. The Labute approximate surface area is 199 Å². The van der Waals surface area contributed by atoms with Gasteiger partial charge in [0.25, 0.3) is 0 Å². The van der Waals surface area contributed by atoms with E-state index in [1.54, 1.807) is 30.7 Å². The first-order valence-electron chi connectivity index (χ1n) is 10.4. The fourth-order valence-corrected chi connectivity index (χ4v) is 3.84. The second-order valence-electron chi connectivity index (χ2n) is 7.46. The second kappa shape index (κ2) is 9.30. The highest BCUT2D eigenvalue weighted by molar-refractivity contribution is 9.10. The summed E-state index contributed by atoms with van der Waals surface area (Å²) in [7, 11) is 0. The smallest absolute Gasteiger partial charge is 0.185 e. The average molecular weight is 499 g/mol. The Morgan fingerprint density at radius 1 is 1.00 bits per heavy atom. The van der Waals surface area contributed by atoms with E-state index in [1.807, 2.05) is 65.4 Å². The van der Waals surface area contributed by atoms with Gasteiger partial charge in [-0.05, 0) is 83.6 Å². The lowest BCUT2D eigenvalue weighted by atomic mass is 10.1. The largest absolute Gasteiger partial charge is 0.486 e. The molecule has 0 bridgehead atoms. The van der Waals surface area contributed by atoms with E-state index in [1.165, 1.54) is 6.08 Å². The third-order valence-corrected chi connectivity index (χ3v) is 5.68. The van der Waals surface area contributed by atoms with Gasteiger partial charge in [-0.1, -0.05) is 28.1 Å². The fraction of sp³-hybridized carbons (Fsp3) is 0.0370. The molecule has 6 heteroatoms. The predicted molar refractivity (Wildman–Crippen MR) is 132 cm³/mol. The molecule has 5 aromatic rings. The van der Waals surface area contributed by atoms with Crippen molar-refractivity contribution in [2.24, 2.45) is 0 Å². The number of hydrogen-bond donors (Lipinski definition) is 0. The third-order valence-electron chi connectivity index (χ3n) is 5.19. The Kier molecular flexibility index (Phi) is 5.91. The van der Waals surface area contributed by atoms with Crippen LogP contribution in [0.1, 0.15) is 21.9 Å². The number of carbonyl (C=O) groups excluding carboxylic acids is 1. The molecule has 162 valence electrons. The summed E-state index contributed by atoms with van der Waals surface area (Å²) in [4.78, 5) is 16.5. The lowest BCUT2D eigenvalue weighted by molar-refractivity contribution is 0.104. The zero-order chi connectivity index (χ0) is 22.6. The molecule has 0 fully saturated rings. The highest BCUT2D eigenvalue weighted by Crippen LogP contribution is 2.25. The molecule has 0 radical (unpaired) electrons. The molecule has 5 nitrogen and oxygen atoms in total. The monoisotopic (exact) mass is 498 g/mol. The minimum absolute atomic E-state index is 0.0934. The number of benzene rings is 3. The van der Waals surface area contributed by atoms with Gasteiger partial charge in [0.15, 0.2) is 5.78 Å². The van der Waals surface area contributed by atoms with Crippen molar-refractivity contribution < 1.29 is 13.9 Å². The van der Waals surface area contributed by atoms with Crippen LogP contribution in [0.5, 0.6) is 5.75 Å². The van der Waals surface area contributed by atoms with Gasteiger partial charge in [-0.3, -0.25) is 4.79 Å². The standard InChI is InChI=1S/C27H19BrN2O3/c28-22-5-1-21-16-25(8-4-20(21)15-22)32-17-26-10-9-24(33-26)11-12-27(31)19-2-6-23(7-3-19)30-14-13-29-18-30/h1-16,18H,17H2/b12-11+. The SMILES string of the molecule is O=C(/C=C/c1ccc(COc2ccc3cc(Br)ccc3c2)o1)c1ccc(-n2ccnc2)cc1. The van der Waals surface area contributed by atoms with E-state index in [0.29, 0.717) is 23.7 Å². The van der Waals surface area contributed by atoms with Crippen LogP contribution in [0.15, 0.2) is 106 Å². The van der Waals surface area contributed by atoms with E-state index in [9.17, 15) is 4.79 Å². The molecule has 0 N–H and O–H groups in total. The molecule has 2 aromatic heterocycles. The number of allylic oxidation sites excluding steroid dienone is 1. The molecule has 0 saturated carbocycles. The number of hydrogen-bond acceptors (Lipinski definition) is 4. The molecule has 3 aromatic carbocycles. The molecule has 0 aliphatic rings. The molecular weight excluding hydrogens is 480 g/mol. The summed E-state index contributed by atoms with van der Waals surface area (Å²) in [6.45, 7) is 0.305. The van der Waals surface area contributed by atoms with Gasteiger partial charge in [-0.25, -0.2) is 4.98 Å². The summed E-state index contributed by atoms with van der Waals surface area (Å²) in [6.07, 6.45) is 8.47. The van der Waals surface area contributed by atoms with E-state index in [0.717, 1.165) is 26.7 Å². The van der Waals surface area contributed by atoms with Crippen LogP contribution in [-0.2, 0) is 6.61 Å². The van der Waals surface area contributed by atoms with Crippen LogP contribution < -0.4 is 4.74 Å². The lowest BCUT2D eigenvalue weighted by Crippen LogP contribution is -1.96. The van der Waals surface area contributed by atoms with E-state index in [4.69, 9.17) is 9.15 Å². The topological polar surface area (TPSA) is 57.3 Å². The van der Waals surface area contributed by atoms with Crippen LogP contribution in [-0.4, -0.2) is 15.3 Å². The molecule has 0 atom stereocenters. The van der Waals surface area contributed by atoms with Crippen LogP contribution in [0.4, 0.5) is 0 Å². The average Bonchev–Trinajstić information content (AvgIpc) is 3.54. The van der Waals surface area contributed by atoms with Gasteiger partial charge in [0.1, 0.15) is 23.9 Å². The predicted octanol–water partition coefficient (Wildman–Crippen LogP) is 6.86. The van der Waals surface area contributed by atoms with Crippen molar-refractivity contribution in [3.8, 4) is 11.4 Å².